The first kappa shape index (κ1) is 15.3. The number of nitrogens with zero attached hydrogens (tertiary/aromatic N) is 2. The van der Waals surface area contributed by atoms with E-state index in [0.717, 1.165) is 18.2 Å². The van der Waals surface area contributed by atoms with Crippen LogP contribution in [0.2, 0.25) is 0 Å². The third-order valence-corrected chi connectivity index (χ3v) is 4.76. The van der Waals surface area contributed by atoms with Gasteiger partial charge in [-0.3, -0.25) is 9.78 Å². The van der Waals surface area contributed by atoms with E-state index in [1.807, 2.05) is 13.0 Å². The molecule has 2 heterocycles. The highest BCUT2D eigenvalue weighted by Crippen LogP contribution is 2.29. The Bertz CT molecular complexity index is 1030. The van der Waals surface area contributed by atoms with Gasteiger partial charge in [0.1, 0.15) is 0 Å². The molecule has 0 unspecified atom stereocenters. The van der Waals surface area contributed by atoms with E-state index in [2.05, 4.69) is 9.97 Å². The lowest BCUT2D eigenvalue weighted by Gasteiger charge is -2.10. The van der Waals surface area contributed by atoms with E-state index in [-0.39, 0.29) is 4.90 Å². The number of hydrogen-bond donors (Lipinski definition) is 0. The summed E-state index contributed by atoms with van der Waals surface area (Å²) in [7, 11) is -3.42. The third kappa shape index (κ3) is 2.73. The predicted molar refractivity (Wildman–Crippen MR) is 88.2 cm³/mol. The van der Waals surface area contributed by atoms with Crippen molar-refractivity contribution >= 4 is 27.0 Å². The number of carbonyl (C=O) groups excluding carboxylic acids is 1. The molecule has 3 rings (SSSR count). The molecular formula is C17H14N2O3S. The van der Waals surface area contributed by atoms with Crippen molar-refractivity contribution in [2.45, 2.75) is 11.8 Å². The van der Waals surface area contributed by atoms with Crippen LogP contribution in [0, 0.1) is 6.92 Å². The van der Waals surface area contributed by atoms with Crippen LogP contribution in [0.15, 0.2) is 47.5 Å². The predicted octanol–water partition coefficient (Wildman–Crippen LogP) is 2.82. The highest BCUT2D eigenvalue weighted by molar-refractivity contribution is 7.91. The van der Waals surface area contributed by atoms with Crippen LogP contribution in [-0.2, 0) is 9.84 Å². The Morgan fingerprint density at radius 1 is 1.13 bits per heavy atom. The molecule has 0 saturated carbocycles. The van der Waals surface area contributed by atoms with Crippen molar-refractivity contribution in [3.8, 4) is 11.3 Å². The maximum absolute atomic E-state index is 12.0. The molecule has 0 saturated heterocycles. The number of aldehydes is 1. The number of para-hydroxylation sites is 1. The van der Waals surface area contributed by atoms with Gasteiger partial charge in [-0.25, -0.2) is 13.4 Å². The van der Waals surface area contributed by atoms with E-state index in [1.165, 1.54) is 6.07 Å². The van der Waals surface area contributed by atoms with E-state index >= 15 is 0 Å². The van der Waals surface area contributed by atoms with Crippen LogP contribution < -0.4 is 0 Å². The van der Waals surface area contributed by atoms with Crippen LogP contribution in [0.3, 0.4) is 0 Å². The maximum Gasteiger partial charge on any atom is 0.177 e. The summed E-state index contributed by atoms with van der Waals surface area (Å²) in [4.78, 5) is 20.3. The van der Waals surface area contributed by atoms with Gasteiger partial charge in [0.05, 0.1) is 16.1 Å². The van der Waals surface area contributed by atoms with E-state index in [0.29, 0.717) is 27.7 Å². The number of aromatic nitrogens is 2. The van der Waals surface area contributed by atoms with Crippen LogP contribution in [-0.4, -0.2) is 30.9 Å². The molecule has 0 bridgehead atoms. The molecule has 0 amide bonds. The van der Waals surface area contributed by atoms with Gasteiger partial charge in [-0.2, -0.15) is 0 Å². The summed E-state index contributed by atoms with van der Waals surface area (Å²) in [6, 6.07) is 10.1. The van der Waals surface area contributed by atoms with Gasteiger partial charge in [-0.05, 0) is 31.2 Å². The molecule has 0 N–H and O–H groups in total. The zero-order valence-electron chi connectivity index (χ0n) is 12.6. The summed E-state index contributed by atoms with van der Waals surface area (Å²) in [5.74, 6) is 0. The first-order chi connectivity index (χ1) is 10.9. The molecular weight excluding hydrogens is 312 g/mol. The zero-order chi connectivity index (χ0) is 16.6. The molecule has 3 aromatic rings. The summed E-state index contributed by atoms with van der Waals surface area (Å²) in [6.45, 7) is 1.82. The van der Waals surface area contributed by atoms with E-state index in [1.54, 1.807) is 30.5 Å². The summed E-state index contributed by atoms with van der Waals surface area (Å²) < 4.78 is 24.0. The maximum atomic E-state index is 12.0. The van der Waals surface area contributed by atoms with Crippen LogP contribution in [0.1, 0.15) is 16.1 Å². The number of benzene rings is 1. The SMILES string of the molecule is Cc1ncccc1-c1nc2c(S(C)(=O)=O)cccc2cc1C=O. The summed E-state index contributed by atoms with van der Waals surface area (Å²) >= 11 is 0. The monoisotopic (exact) mass is 326 g/mol. The number of rotatable bonds is 3. The van der Waals surface area contributed by atoms with Gasteiger partial charge < -0.3 is 0 Å². The standard InChI is InChI=1S/C17H14N2O3S/c1-11-14(6-4-8-18-11)16-13(10-20)9-12-5-3-7-15(17(12)19-16)23(2,21)22/h3-10H,1-2H3. The molecule has 0 radical (unpaired) electrons. The van der Waals surface area contributed by atoms with Gasteiger partial charge in [-0.15, -0.1) is 0 Å². The van der Waals surface area contributed by atoms with Crippen molar-refractivity contribution in [1.29, 1.82) is 0 Å². The van der Waals surface area contributed by atoms with E-state index in [4.69, 9.17) is 0 Å². The minimum atomic E-state index is -3.42. The van der Waals surface area contributed by atoms with Gasteiger partial charge in [0.25, 0.3) is 0 Å². The first-order valence-electron chi connectivity index (χ1n) is 6.93. The van der Waals surface area contributed by atoms with Crippen LogP contribution in [0.5, 0.6) is 0 Å². The van der Waals surface area contributed by atoms with Gasteiger partial charge in [0.2, 0.25) is 0 Å². The summed E-state index contributed by atoms with van der Waals surface area (Å²) in [5.41, 5.74) is 2.63. The van der Waals surface area contributed by atoms with Crippen molar-refractivity contribution in [3.63, 3.8) is 0 Å². The van der Waals surface area contributed by atoms with Crippen molar-refractivity contribution < 1.29 is 13.2 Å². The number of fused-ring (bicyclic) bond motifs is 1. The molecule has 116 valence electrons. The molecule has 0 aliphatic carbocycles. The highest BCUT2D eigenvalue weighted by atomic mass is 32.2. The molecule has 0 aliphatic heterocycles. The Labute approximate surface area is 133 Å². The average Bonchev–Trinajstić information content (AvgIpc) is 2.52. The largest absolute Gasteiger partial charge is 0.298 e. The van der Waals surface area contributed by atoms with Crippen LogP contribution in [0.25, 0.3) is 22.2 Å². The number of aryl methyl sites for hydroxylation is 1. The van der Waals surface area contributed by atoms with Gasteiger partial charge in [0, 0.05) is 34.7 Å². The Morgan fingerprint density at radius 3 is 2.57 bits per heavy atom. The molecule has 2 aromatic heterocycles. The molecule has 1 aromatic carbocycles. The summed E-state index contributed by atoms with van der Waals surface area (Å²) in [5, 5.41) is 0.611. The van der Waals surface area contributed by atoms with Crippen LogP contribution >= 0.6 is 0 Å². The number of sulfone groups is 1. The molecule has 5 nitrogen and oxygen atoms in total. The van der Waals surface area contributed by atoms with Crippen LogP contribution in [0.4, 0.5) is 0 Å². The molecule has 6 heteroatoms. The summed E-state index contributed by atoms with van der Waals surface area (Å²) in [6.07, 6.45) is 3.52. The second kappa shape index (κ2) is 5.55. The Kier molecular flexibility index (Phi) is 3.69. The van der Waals surface area contributed by atoms with E-state index in [9.17, 15) is 13.2 Å². The van der Waals surface area contributed by atoms with Gasteiger partial charge >= 0.3 is 0 Å². The topological polar surface area (TPSA) is 77.0 Å². The minimum Gasteiger partial charge on any atom is -0.298 e. The molecule has 23 heavy (non-hydrogen) atoms. The normalized spacial score (nSPS) is 11.6. The van der Waals surface area contributed by atoms with Crippen molar-refractivity contribution in [2.24, 2.45) is 0 Å². The molecule has 0 spiro atoms. The average molecular weight is 326 g/mol. The molecule has 0 fully saturated rings. The van der Waals surface area contributed by atoms with Gasteiger partial charge in [0.15, 0.2) is 16.1 Å². The van der Waals surface area contributed by atoms with Crippen molar-refractivity contribution in [3.05, 3.63) is 53.9 Å². The third-order valence-electron chi connectivity index (χ3n) is 3.63. The fourth-order valence-electron chi connectivity index (χ4n) is 2.53. The Hall–Kier alpha value is -2.60. The number of pyridine rings is 2. The molecule has 0 atom stereocenters. The van der Waals surface area contributed by atoms with Gasteiger partial charge in [-0.1, -0.05) is 12.1 Å². The van der Waals surface area contributed by atoms with Crippen molar-refractivity contribution in [2.75, 3.05) is 6.26 Å². The zero-order valence-corrected chi connectivity index (χ0v) is 13.5. The van der Waals surface area contributed by atoms with E-state index < -0.39 is 9.84 Å². The quantitative estimate of drug-likeness (QED) is 0.692. The fraction of sp³-hybridized carbons (Fsp3) is 0.118. The lowest BCUT2D eigenvalue weighted by molar-refractivity contribution is 0.112. The lowest BCUT2D eigenvalue weighted by atomic mass is 10.0. The fourth-order valence-corrected chi connectivity index (χ4v) is 3.37. The minimum absolute atomic E-state index is 0.148. The molecule has 0 aliphatic rings. The second-order valence-electron chi connectivity index (χ2n) is 5.28. The number of hydrogen-bond acceptors (Lipinski definition) is 5. The lowest BCUT2D eigenvalue weighted by Crippen LogP contribution is -2.02. The second-order valence-corrected chi connectivity index (χ2v) is 7.26. The smallest absolute Gasteiger partial charge is 0.177 e. The Morgan fingerprint density at radius 2 is 1.91 bits per heavy atom. The first-order valence-corrected chi connectivity index (χ1v) is 8.82. The Balaban J connectivity index is 2.43. The van der Waals surface area contributed by atoms with Crippen molar-refractivity contribution in [1.82, 2.24) is 9.97 Å². The highest BCUT2D eigenvalue weighted by Gasteiger charge is 2.17. The number of carbonyl (C=O) groups is 1.